The fourth-order valence-electron chi connectivity index (χ4n) is 4.74. The third-order valence-corrected chi connectivity index (χ3v) is 6.69. The van der Waals surface area contributed by atoms with Gasteiger partial charge in [-0.1, -0.05) is 13.0 Å². The Morgan fingerprint density at radius 2 is 2.03 bits per heavy atom. The fraction of sp³-hybridized carbons (Fsp3) is 0.520. The lowest BCUT2D eigenvalue weighted by Gasteiger charge is -2.24. The number of aromatic nitrogens is 2. The van der Waals surface area contributed by atoms with E-state index in [0.29, 0.717) is 31.8 Å². The number of amides is 1. The molecular weight excluding hydrogens is 424 g/mol. The van der Waals surface area contributed by atoms with Gasteiger partial charge in [-0.2, -0.15) is 0 Å². The van der Waals surface area contributed by atoms with E-state index < -0.39 is 18.4 Å². The summed E-state index contributed by atoms with van der Waals surface area (Å²) >= 11 is 0. The van der Waals surface area contributed by atoms with Gasteiger partial charge in [0, 0.05) is 31.3 Å². The zero-order chi connectivity index (χ0) is 23.6. The van der Waals surface area contributed by atoms with Gasteiger partial charge in [-0.3, -0.25) is 9.69 Å². The second-order valence-corrected chi connectivity index (χ2v) is 9.04. The molecule has 0 saturated carbocycles. The molecule has 0 atom stereocenters. The number of hydrogen-bond acceptors (Lipinski definition) is 4. The van der Waals surface area contributed by atoms with E-state index in [9.17, 15) is 13.6 Å². The number of rotatable bonds is 7. The van der Waals surface area contributed by atoms with Crippen molar-refractivity contribution in [2.75, 3.05) is 32.7 Å². The summed E-state index contributed by atoms with van der Waals surface area (Å²) < 4.78 is 31.1. The van der Waals surface area contributed by atoms with Crippen LogP contribution < -0.4 is 10.6 Å². The third-order valence-electron chi connectivity index (χ3n) is 6.69. The van der Waals surface area contributed by atoms with Crippen LogP contribution in [0.1, 0.15) is 42.3 Å². The first-order chi connectivity index (χ1) is 15.8. The summed E-state index contributed by atoms with van der Waals surface area (Å²) in [5.74, 6) is -2.52. The highest BCUT2D eigenvalue weighted by atomic mass is 19.3. The zero-order valence-electron chi connectivity index (χ0n) is 19.7. The number of fused-ring (bicyclic) bond motifs is 1. The summed E-state index contributed by atoms with van der Waals surface area (Å²) in [7, 11) is 1.96. The van der Waals surface area contributed by atoms with Crippen molar-refractivity contribution in [1.82, 2.24) is 25.1 Å². The molecule has 1 aromatic carbocycles. The molecule has 0 aliphatic carbocycles. The standard InChI is InChI=1S/C25H33F2N5O/c1-4-18-11-19(23-14-29-17(2)31(23)3)12-21-20(7-8-28-13-22(18)21)24(33)30-15-25(26,27)16-32-9-5-6-10-32/h7,11-12,14,28H,4-6,8-10,13,15-16H2,1-3H3,(H,30,33). The minimum Gasteiger partial charge on any atom is -0.346 e. The molecule has 2 aliphatic heterocycles. The van der Waals surface area contributed by atoms with Gasteiger partial charge in [-0.05, 0) is 68.1 Å². The first kappa shape index (κ1) is 23.6. The molecule has 178 valence electrons. The van der Waals surface area contributed by atoms with Crippen LogP contribution in [0.15, 0.2) is 24.4 Å². The first-order valence-corrected chi connectivity index (χ1v) is 11.7. The lowest BCUT2D eigenvalue weighted by atomic mass is 9.90. The number of nitrogens with one attached hydrogen (secondary N) is 2. The van der Waals surface area contributed by atoms with E-state index in [0.717, 1.165) is 53.0 Å². The third kappa shape index (κ3) is 5.17. The average molecular weight is 458 g/mol. The maximum absolute atomic E-state index is 14.5. The van der Waals surface area contributed by atoms with Crippen molar-refractivity contribution in [3.63, 3.8) is 0 Å². The normalized spacial score (nSPS) is 16.9. The Hall–Kier alpha value is -2.58. The Morgan fingerprint density at radius 3 is 2.70 bits per heavy atom. The first-order valence-electron chi connectivity index (χ1n) is 11.7. The van der Waals surface area contributed by atoms with Crippen molar-refractivity contribution in [2.24, 2.45) is 7.05 Å². The van der Waals surface area contributed by atoms with E-state index in [1.54, 1.807) is 11.0 Å². The molecule has 6 nitrogen and oxygen atoms in total. The summed E-state index contributed by atoms with van der Waals surface area (Å²) in [6.45, 7) is 5.58. The van der Waals surface area contributed by atoms with Crippen molar-refractivity contribution >= 4 is 11.5 Å². The highest BCUT2D eigenvalue weighted by molar-refractivity contribution is 6.20. The molecule has 0 radical (unpaired) electrons. The lowest BCUT2D eigenvalue weighted by molar-refractivity contribution is -0.118. The Bertz CT molecular complexity index is 1050. The van der Waals surface area contributed by atoms with Gasteiger partial charge in [0.05, 0.1) is 25.0 Å². The molecule has 0 bridgehead atoms. The van der Waals surface area contributed by atoms with Crippen LogP contribution in [0, 0.1) is 6.92 Å². The maximum atomic E-state index is 14.5. The van der Waals surface area contributed by atoms with E-state index >= 15 is 0 Å². The maximum Gasteiger partial charge on any atom is 0.277 e. The van der Waals surface area contributed by atoms with Crippen LogP contribution in [0.2, 0.25) is 0 Å². The minimum absolute atomic E-state index is 0.311. The van der Waals surface area contributed by atoms with Gasteiger partial charge >= 0.3 is 0 Å². The summed E-state index contributed by atoms with van der Waals surface area (Å²) in [5, 5.41) is 5.85. The Labute approximate surface area is 194 Å². The largest absolute Gasteiger partial charge is 0.346 e. The summed E-state index contributed by atoms with van der Waals surface area (Å²) in [6.07, 6.45) is 6.34. The molecule has 1 amide bonds. The molecule has 0 spiro atoms. The van der Waals surface area contributed by atoms with Crippen LogP contribution in [0.5, 0.6) is 0 Å². The quantitative estimate of drug-likeness (QED) is 0.670. The van der Waals surface area contributed by atoms with Crippen molar-refractivity contribution in [2.45, 2.75) is 45.6 Å². The molecule has 0 unspecified atom stereocenters. The predicted molar refractivity (Wildman–Crippen MR) is 126 cm³/mol. The molecule has 1 aromatic heterocycles. The van der Waals surface area contributed by atoms with Crippen molar-refractivity contribution < 1.29 is 13.6 Å². The van der Waals surface area contributed by atoms with Crippen molar-refractivity contribution in [3.05, 3.63) is 46.9 Å². The SMILES string of the molecule is CCc1cc(-c2cnc(C)n2C)cc2c1CNCC=C2C(=O)NCC(F)(F)CN1CCCC1. The van der Waals surface area contributed by atoms with E-state index in [2.05, 4.69) is 28.6 Å². The van der Waals surface area contributed by atoms with Crippen LogP contribution >= 0.6 is 0 Å². The van der Waals surface area contributed by atoms with Gasteiger partial charge in [0.2, 0.25) is 0 Å². The van der Waals surface area contributed by atoms with Gasteiger partial charge < -0.3 is 15.2 Å². The molecular formula is C25H33F2N5O. The molecule has 1 saturated heterocycles. The highest BCUT2D eigenvalue weighted by Gasteiger charge is 2.34. The molecule has 33 heavy (non-hydrogen) atoms. The van der Waals surface area contributed by atoms with E-state index in [4.69, 9.17) is 0 Å². The number of halogens is 2. The van der Waals surface area contributed by atoms with Gasteiger partial charge in [-0.15, -0.1) is 0 Å². The topological polar surface area (TPSA) is 62.2 Å². The average Bonchev–Trinajstić information content (AvgIpc) is 3.34. The van der Waals surface area contributed by atoms with E-state index in [1.807, 2.05) is 30.8 Å². The second-order valence-electron chi connectivity index (χ2n) is 9.04. The number of carbonyl (C=O) groups is 1. The number of hydrogen-bond donors (Lipinski definition) is 2. The van der Waals surface area contributed by atoms with Crippen LogP contribution in [-0.4, -0.2) is 59.0 Å². The monoisotopic (exact) mass is 457 g/mol. The van der Waals surface area contributed by atoms with Crippen LogP contribution in [-0.2, 0) is 24.8 Å². The number of benzene rings is 1. The Morgan fingerprint density at radius 1 is 1.27 bits per heavy atom. The second kappa shape index (κ2) is 9.73. The molecule has 1 fully saturated rings. The smallest absolute Gasteiger partial charge is 0.277 e. The molecule has 3 heterocycles. The minimum atomic E-state index is -2.96. The number of nitrogens with zero attached hydrogens (tertiary/aromatic N) is 3. The Balaban J connectivity index is 1.61. The summed E-state index contributed by atoms with van der Waals surface area (Å²) in [5.41, 5.74) is 5.35. The lowest BCUT2D eigenvalue weighted by Crippen LogP contribution is -2.44. The van der Waals surface area contributed by atoms with Crippen molar-refractivity contribution in [3.8, 4) is 11.3 Å². The number of alkyl halides is 2. The Kier molecular flexibility index (Phi) is 6.95. The fourth-order valence-corrected chi connectivity index (χ4v) is 4.74. The number of imidazole rings is 1. The van der Waals surface area contributed by atoms with Gasteiger partial charge in [0.15, 0.2) is 0 Å². The van der Waals surface area contributed by atoms with Gasteiger partial charge in [-0.25, -0.2) is 13.8 Å². The number of likely N-dealkylation sites (tertiary alicyclic amines) is 1. The molecule has 8 heteroatoms. The number of aryl methyl sites for hydroxylation is 2. The predicted octanol–water partition coefficient (Wildman–Crippen LogP) is 3.29. The number of carbonyl (C=O) groups excluding carboxylic acids is 1. The van der Waals surface area contributed by atoms with Gasteiger partial charge in [0.25, 0.3) is 11.8 Å². The molecule has 2 N–H and O–H groups in total. The highest BCUT2D eigenvalue weighted by Crippen LogP contribution is 2.32. The van der Waals surface area contributed by atoms with Crippen LogP contribution in [0.25, 0.3) is 16.8 Å². The zero-order valence-corrected chi connectivity index (χ0v) is 19.7. The summed E-state index contributed by atoms with van der Waals surface area (Å²) in [4.78, 5) is 19.3. The van der Waals surface area contributed by atoms with Crippen LogP contribution in [0.4, 0.5) is 8.78 Å². The molecule has 2 aliphatic rings. The molecule has 4 rings (SSSR count). The summed E-state index contributed by atoms with van der Waals surface area (Å²) in [6, 6.07) is 4.13. The van der Waals surface area contributed by atoms with E-state index in [-0.39, 0.29) is 6.54 Å². The van der Waals surface area contributed by atoms with Crippen molar-refractivity contribution in [1.29, 1.82) is 0 Å². The van der Waals surface area contributed by atoms with Gasteiger partial charge in [0.1, 0.15) is 5.82 Å². The molecule has 2 aromatic rings. The van der Waals surface area contributed by atoms with Crippen LogP contribution in [0.3, 0.4) is 0 Å². The van der Waals surface area contributed by atoms with E-state index in [1.165, 1.54) is 0 Å².